The first-order valence-corrected chi connectivity index (χ1v) is 12.3. The summed E-state index contributed by atoms with van der Waals surface area (Å²) in [6.45, 7) is 5.59. The van der Waals surface area contributed by atoms with Crippen LogP contribution in [0.3, 0.4) is 0 Å². The number of halogens is 5. The lowest BCUT2D eigenvalue weighted by Crippen LogP contribution is -2.48. The zero-order valence-electron chi connectivity index (χ0n) is 21.1. The van der Waals surface area contributed by atoms with Gasteiger partial charge in [-0.05, 0) is 36.4 Å². The Morgan fingerprint density at radius 1 is 1.00 bits per heavy atom. The second kappa shape index (κ2) is 11.8. The van der Waals surface area contributed by atoms with Gasteiger partial charge in [0.1, 0.15) is 5.02 Å². The molecule has 1 aliphatic heterocycles. The summed E-state index contributed by atoms with van der Waals surface area (Å²) in [5, 5.41) is 8.16. The number of piperazine rings is 1. The number of benzene rings is 2. The van der Waals surface area contributed by atoms with Gasteiger partial charge in [0.15, 0.2) is 11.6 Å². The molecule has 0 aliphatic carbocycles. The lowest BCUT2D eigenvalue weighted by Gasteiger charge is -2.36. The topological polar surface area (TPSA) is 102 Å². The lowest BCUT2D eigenvalue weighted by molar-refractivity contribution is -0.137. The number of alkyl halides is 3. The largest absolute Gasteiger partial charge is 0.418 e. The normalized spacial score (nSPS) is 13.6. The minimum atomic E-state index is -4.63. The van der Waals surface area contributed by atoms with Gasteiger partial charge in [-0.25, -0.2) is 9.37 Å². The molecule has 1 aliphatic rings. The van der Waals surface area contributed by atoms with Gasteiger partial charge in [-0.3, -0.25) is 9.59 Å². The number of anilines is 6. The van der Waals surface area contributed by atoms with Crippen molar-refractivity contribution in [3.05, 3.63) is 71.7 Å². The first-order chi connectivity index (χ1) is 18.9. The Labute approximate surface area is 231 Å². The van der Waals surface area contributed by atoms with Crippen molar-refractivity contribution in [1.29, 1.82) is 0 Å². The molecule has 0 bridgehead atoms. The van der Waals surface area contributed by atoms with Crippen LogP contribution in [0.15, 0.2) is 61.1 Å². The minimum Gasteiger partial charge on any atom is -0.367 e. The number of aromatic nitrogens is 2. The lowest BCUT2D eigenvalue weighted by atomic mass is 10.1. The Bertz CT molecular complexity index is 1440. The molecule has 1 saturated heterocycles. The van der Waals surface area contributed by atoms with E-state index in [9.17, 15) is 27.2 Å². The Morgan fingerprint density at radius 3 is 2.33 bits per heavy atom. The highest BCUT2D eigenvalue weighted by Gasteiger charge is 2.36. The smallest absolute Gasteiger partial charge is 0.367 e. The maximum absolute atomic E-state index is 14.0. The van der Waals surface area contributed by atoms with Crippen LogP contribution in [0.4, 0.5) is 52.1 Å². The van der Waals surface area contributed by atoms with Crippen LogP contribution >= 0.6 is 11.6 Å². The van der Waals surface area contributed by atoms with E-state index in [4.69, 9.17) is 11.6 Å². The number of hydrogen-bond donors (Lipinski definition) is 3. The van der Waals surface area contributed by atoms with Crippen LogP contribution < -0.4 is 20.9 Å². The molecule has 210 valence electrons. The highest BCUT2D eigenvalue weighted by Crippen LogP contribution is 2.39. The molecular formula is C26H24ClF4N7O2. The summed E-state index contributed by atoms with van der Waals surface area (Å²) in [6, 6.07) is 10.1. The molecule has 4 rings (SSSR count). The summed E-state index contributed by atoms with van der Waals surface area (Å²) in [4.78, 5) is 34.6. The predicted octanol–water partition coefficient (Wildman–Crippen LogP) is 5.73. The van der Waals surface area contributed by atoms with Crippen molar-refractivity contribution in [1.82, 2.24) is 14.9 Å². The Balaban J connectivity index is 1.53. The van der Waals surface area contributed by atoms with Gasteiger partial charge in [0, 0.05) is 55.9 Å². The van der Waals surface area contributed by atoms with E-state index in [1.54, 1.807) is 21.9 Å². The fourth-order valence-corrected chi connectivity index (χ4v) is 4.17. The molecule has 40 heavy (non-hydrogen) atoms. The Hall–Kier alpha value is -4.39. The second-order valence-corrected chi connectivity index (χ2v) is 9.21. The second-order valence-electron chi connectivity index (χ2n) is 8.80. The number of nitrogens with one attached hydrogen (secondary N) is 3. The third-order valence-electron chi connectivity index (χ3n) is 6.00. The third kappa shape index (κ3) is 6.97. The zero-order chi connectivity index (χ0) is 29.0. The number of hydrogen-bond acceptors (Lipinski definition) is 7. The maximum Gasteiger partial charge on any atom is 0.418 e. The molecule has 3 N–H and O–H groups in total. The molecule has 1 aromatic heterocycles. The van der Waals surface area contributed by atoms with Crippen molar-refractivity contribution in [2.75, 3.05) is 47.0 Å². The quantitative estimate of drug-likeness (QED) is 0.244. The molecule has 0 unspecified atom stereocenters. The average molecular weight is 578 g/mol. The van der Waals surface area contributed by atoms with Crippen molar-refractivity contribution in [2.45, 2.75) is 13.1 Å². The van der Waals surface area contributed by atoms with Crippen molar-refractivity contribution < 1.29 is 27.2 Å². The summed E-state index contributed by atoms with van der Waals surface area (Å²) in [7, 11) is 0. The fourth-order valence-electron chi connectivity index (χ4n) is 4.03. The van der Waals surface area contributed by atoms with Crippen LogP contribution in [-0.4, -0.2) is 52.9 Å². The molecule has 0 atom stereocenters. The summed E-state index contributed by atoms with van der Waals surface area (Å²) in [5.41, 5.74) is -0.00932. The highest BCUT2D eigenvalue weighted by atomic mass is 35.5. The molecule has 2 aromatic carbocycles. The molecule has 0 saturated carbocycles. The summed E-state index contributed by atoms with van der Waals surface area (Å²) < 4.78 is 55.0. The Morgan fingerprint density at radius 2 is 1.68 bits per heavy atom. The zero-order valence-corrected chi connectivity index (χ0v) is 21.9. The van der Waals surface area contributed by atoms with Crippen molar-refractivity contribution in [3.8, 4) is 0 Å². The molecule has 0 spiro atoms. The number of rotatable bonds is 7. The molecular weight excluding hydrogens is 554 g/mol. The molecule has 1 fully saturated rings. The summed E-state index contributed by atoms with van der Waals surface area (Å²) in [6.07, 6.45) is -3.36. The molecule has 9 nitrogen and oxygen atoms in total. The Kier molecular flexibility index (Phi) is 8.43. The first-order valence-electron chi connectivity index (χ1n) is 11.9. The average Bonchev–Trinajstić information content (AvgIpc) is 2.90. The van der Waals surface area contributed by atoms with E-state index in [1.807, 2.05) is 0 Å². The van der Waals surface area contributed by atoms with Crippen LogP contribution in [-0.2, 0) is 15.8 Å². The van der Waals surface area contributed by atoms with E-state index in [0.717, 1.165) is 6.07 Å². The number of nitrogens with zero attached hydrogens (tertiary/aromatic N) is 4. The van der Waals surface area contributed by atoms with Crippen molar-refractivity contribution in [3.63, 3.8) is 0 Å². The van der Waals surface area contributed by atoms with Gasteiger partial charge < -0.3 is 25.8 Å². The van der Waals surface area contributed by atoms with Gasteiger partial charge in [0.25, 0.3) is 5.91 Å². The van der Waals surface area contributed by atoms with Crippen molar-refractivity contribution in [2.24, 2.45) is 0 Å². The SMILES string of the molecule is C=C(F)C(=O)Nc1cccc(Nc2nc(Nc3ccc(N4CCN(C(C)=O)CC4)c(C(F)(F)F)c3)ncc2Cl)c1. The van der Waals surface area contributed by atoms with Crippen LogP contribution in [0, 0.1) is 0 Å². The van der Waals surface area contributed by atoms with Gasteiger partial charge in [-0.15, -0.1) is 0 Å². The van der Waals surface area contributed by atoms with Gasteiger partial charge in [-0.2, -0.15) is 18.2 Å². The summed E-state index contributed by atoms with van der Waals surface area (Å²) >= 11 is 6.21. The van der Waals surface area contributed by atoms with Crippen LogP contribution in [0.1, 0.15) is 12.5 Å². The fraction of sp³-hybridized carbons (Fsp3) is 0.231. The van der Waals surface area contributed by atoms with E-state index in [0.29, 0.717) is 18.8 Å². The molecule has 2 heterocycles. The predicted molar refractivity (Wildman–Crippen MR) is 145 cm³/mol. The number of carbonyl (C=O) groups excluding carboxylic acids is 2. The first kappa shape index (κ1) is 28.6. The maximum atomic E-state index is 14.0. The molecule has 3 aromatic rings. The number of amides is 2. The van der Waals surface area contributed by atoms with Crippen molar-refractivity contribution >= 4 is 57.9 Å². The van der Waals surface area contributed by atoms with Gasteiger partial charge in [-0.1, -0.05) is 24.2 Å². The van der Waals surface area contributed by atoms with E-state index in [1.165, 1.54) is 37.4 Å². The third-order valence-corrected chi connectivity index (χ3v) is 6.27. The van der Waals surface area contributed by atoms with E-state index in [-0.39, 0.29) is 52.8 Å². The van der Waals surface area contributed by atoms with Gasteiger partial charge in [0.05, 0.1) is 11.8 Å². The van der Waals surface area contributed by atoms with Crippen LogP contribution in [0.25, 0.3) is 0 Å². The minimum absolute atomic E-state index is 0.0175. The van der Waals surface area contributed by atoms with Gasteiger partial charge in [0.2, 0.25) is 11.9 Å². The molecule has 14 heteroatoms. The summed E-state index contributed by atoms with van der Waals surface area (Å²) in [5.74, 6) is -2.15. The monoisotopic (exact) mass is 577 g/mol. The standard InChI is InChI=1S/C26H24ClF4N7O2/c1-15(28)24(40)34-18-5-3-4-17(12-18)33-23-21(27)14-32-25(36-23)35-19-6-7-22(20(13-19)26(29,30)31)38-10-8-37(9-11-38)16(2)39/h3-7,12-14H,1,8-11H2,2H3,(H,34,40)(H2,32,33,35,36). The van der Waals surface area contributed by atoms with E-state index < -0.39 is 23.5 Å². The highest BCUT2D eigenvalue weighted by molar-refractivity contribution is 6.32. The van der Waals surface area contributed by atoms with E-state index in [2.05, 4.69) is 32.5 Å². The van der Waals surface area contributed by atoms with E-state index >= 15 is 0 Å². The van der Waals surface area contributed by atoms with Gasteiger partial charge >= 0.3 is 6.18 Å². The number of carbonyl (C=O) groups is 2. The van der Waals surface area contributed by atoms with Crippen LogP contribution in [0.2, 0.25) is 5.02 Å². The van der Waals surface area contributed by atoms with Crippen LogP contribution in [0.5, 0.6) is 0 Å². The molecule has 2 amide bonds. The molecule has 0 radical (unpaired) electrons.